The third-order valence-electron chi connectivity index (χ3n) is 20.8. The summed E-state index contributed by atoms with van der Waals surface area (Å²) in [5.74, 6) is 0.682. The molecule has 0 aliphatic heterocycles. The molecule has 84 heavy (non-hydrogen) atoms. The van der Waals surface area contributed by atoms with Crippen LogP contribution >= 0.6 is 0 Å². The van der Waals surface area contributed by atoms with Gasteiger partial charge in [-0.25, -0.2) is 0 Å². The topological polar surface area (TPSA) is 9.86 Å². The van der Waals surface area contributed by atoms with Crippen molar-refractivity contribution in [2.45, 2.75) is 109 Å². The van der Waals surface area contributed by atoms with E-state index in [4.69, 9.17) is 0 Å². The lowest BCUT2D eigenvalue weighted by atomic mass is 9.59. The Morgan fingerprint density at radius 2 is 0.964 bits per heavy atom. The molecule has 0 saturated heterocycles. The molecule has 0 fully saturated rings. The molecule has 9 aromatic rings. The molecular formula is C82H74N2. The lowest BCUT2D eigenvalue weighted by molar-refractivity contribution is 0.291. The van der Waals surface area contributed by atoms with Crippen molar-refractivity contribution in [1.29, 1.82) is 0 Å². The predicted octanol–water partition coefficient (Wildman–Crippen LogP) is 20.7. The molecule has 0 bridgehead atoms. The van der Waals surface area contributed by atoms with Crippen LogP contribution in [0.25, 0.3) is 62.0 Å². The van der Waals surface area contributed by atoms with Gasteiger partial charge in [-0.05, 0) is 224 Å². The molecular weight excluding hydrogens is 1010 g/mol. The Morgan fingerprint density at radius 3 is 1.57 bits per heavy atom. The van der Waals surface area contributed by atoms with Gasteiger partial charge in [0.25, 0.3) is 0 Å². The summed E-state index contributed by atoms with van der Waals surface area (Å²) in [4.78, 5) is 0. The monoisotopic (exact) mass is 1090 g/mol. The highest BCUT2D eigenvalue weighted by atomic mass is 15.0. The summed E-state index contributed by atoms with van der Waals surface area (Å²) in [6.45, 7) is 14.1. The summed E-state index contributed by atoms with van der Waals surface area (Å²) in [5.41, 5.74) is 29.8. The number of nitrogens with zero attached hydrogens (tertiary/aromatic N) is 2. The average Bonchev–Trinajstić information content (AvgIpc) is 1.67. The van der Waals surface area contributed by atoms with Crippen LogP contribution in [-0.2, 0) is 29.1 Å². The summed E-state index contributed by atoms with van der Waals surface area (Å²) in [6, 6.07) is 65.8. The third kappa shape index (κ3) is 7.47. The second kappa shape index (κ2) is 19.0. The molecule has 2 heterocycles. The standard InChI is InChI=1S/C82H74N2/c1-79(2,3)57-37-45-75-67(49-57)68-50-58(80(4,5)6)38-46-76(68)83(75)61-41-33-53(34-42-61)54-35-43-62(44-36-54)84-77-47-39-59(81(55-21-9-7-10-22-55)71-29-17-13-25-63(71)64-26-14-18-30-72(64)81)51-69(77)70-52-60(40-48-78(70)84)82(56-23-11-8-12-24-56)73-31-19-15-27-65(73)66-28-16-20-32-74(66)82/h7-13,17-25,29-49,51,58,60H,14-16,26-28,50,52H2,1-6H3. The number of hydrogen-bond acceptors (Lipinski definition) is 0. The summed E-state index contributed by atoms with van der Waals surface area (Å²) >= 11 is 0. The molecule has 7 aliphatic carbocycles. The van der Waals surface area contributed by atoms with E-state index in [0.29, 0.717) is 5.92 Å². The first-order chi connectivity index (χ1) is 40.9. The van der Waals surface area contributed by atoms with Crippen molar-refractivity contribution >= 4 is 39.5 Å². The Bertz CT molecular complexity index is 4420. The molecule has 2 aromatic heterocycles. The van der Waals surface area contributed by atoms with Gasteiger partial charge in [0.2, 0.25) is 0 Å². The van der Waals surface area contributed by atoms with Crippen LogP contribution in [0.15, 0.2) is 246 Å². The average molecular weight is 1090 g/mol. The van der Waals surface area contributed by atoms with Gasteiger partial charge in [0.05, 0.1) is 21.9 Å². The molecule has 2 heteroatoms. The lowest BCUT2D eigenvalue weighted by Gasteiger charge is -2.43. The van der Waals surface area contributed by atoms with E-state index < -0.39 is 5.41 Å². The van der Waals surface area contributed by atoms with Gasteiger partial charge in [0.1, 0.15) is 0 Å². The van der Waals surface area contributed by atoms with Gasteiger partial charge in [-0.15, -0.1) is 0 Å². The molecule has 0 radical (unpaired) electrons. The van der Waals surface area contributed by atoms with E-state index >= 15 is 0 Å². The van der Waals surface area contributed by atoms with Crippen LogP contribution in [0.1, 0.15) is 136 Å². The lowest BCUT2D eigenvalue weighted by Crippen LogP contribution is -2.39. The van der Waals surface area contributed by atoms with E-state index in [0.717, 1.165) is 51.4 Å². The Morgan fingerprint density at radius 1 is 0.440 bits per heavy atom. The van der Waals surface area contributed by atoms with Crippen LogP contribution < -0.4 is 0 Å². The number of fused-ring (bicyclic) bond motifs is 9. The Kier molecular flexibility index (Phi) is 11.6. The fourth-order valence-electron chi connectivity index (χ4n) is 16.7. The van der Waals surface area contributed by atoms with Crippen LogP contribution in [0.3, 0.4) is 0 Å². The fraction of sp³-hybridized carbons (Fsp3) is 0.244. The molecule has 0 saturated carbocycles. The third-order valence-corrected chi connectivity index (χ3v) is 20.8. The second-order valence-electron chi connectivity index (χ2n) is 27.2. The smallest absolute Gasteiger partial charge is 0.0710 e. The highest BCUT2D eigenvalue weighted by Crippen LogP contribution is 2.62. The first-order valence-electron chi connectivity index (χ1n) is 31.3. The zero-order valence-corrected chi connectivity index (χ0v) is 49.6. The highest BCUT2D eigenvalue weighted by Gasteiger charge is 2.52. The SMILES string of the molecule is CC(C)(C)c1ccc2c(c1)c1c(n2-c2ccc(-c3ccc(-n4c5c(c6cc(C7(c8ccccc8)C8=C(CCC=C8)c8ccccc87)ccc64)CC(C4(c6ccccc6)C6=C(CCC=C6)C6=C4C=CCC6)C=C5)cc3)cc2)C=CC(C(C)(C)C)C1. The Balaban J connectivity index is 0.842. The van der Waals surface area contributed by atoms with Gasteiger partial charge in [0.15, 0.2) is 0 Å². The fourth-order valence-corrected chi connectivity index (χ4v) is 16.7. The summed E-state index contributed by atoms with van der Waals surface area (Å²) < 4.78 is 5.09. The summed E-state index contributed by atoms with van der Waals surface area (Å²) in [5, 5.41) is 2.73. The highest BCUT2D eigenvalue weighted by molar-refractivity contribution is 5.95. The largest absolute Gasteiger partial charge is 0.310 e. The summed E-state index contributed by atoms with van der Waals surface area (Å²) in [6.07, 6.45) is 33.4. The number of allylic oxidation sites excluding steroid dienone is 14. The van der Waals surface area contributed by atoms with Crippen molar-refractivity contribution in [2.24, 2.45) is 17.3 Å². The van der Waals surface area contributed by atoms with E-state index in [1.165, 1.54) is 122 Å². The molecule has 3 atom stereocenters. The van der Waals surface area contributed by atoms with Crippen molar-refractivity contribution in [3.05, 3.63) is 302 Å². The maximum Gasteiger partial charge on any atom is 0.0710 e. The summed E-state index contributed by atoms with van der Waals surface area (Å²) in [7, 11) is 0. The molecule has 412 valence electrons. The van der Waals surface area contributed by atoms with Gasteiger partial charge in [-0.1, -0.05) is 211 Å². The molecule has 0 spiro atoms. The zero-order valence-electron chi connectivity index (χ0n) is 49.6. The number of benzene rings is 7. The van der Waals surface area contributed by atoms with Crippen LogP contribution in [0.5, 0.6) is 0 Å². The van der Waals surface area contributed by atoms with Crippen molar-refractivity contribution < 1.29 is 0 Å². The van der Waals surface area contributed by atoms with E-state index in [-0.39, 0.29) is 22.2 Å². The van der Waals surface area contributed by atoms with E-state index in [9.17, 15) is 0 Å². The van der Waals surface area contributed by atoms with Crippen molar-refractivity contribution in [3.8, 4) is 22.5 Å². The molecule has 16 rings (SSSR count). The normalized spacial score (nSPS) is 21.1. The van der Waals surface area contributed by atoms with Crippen LogP contribution in [0.2, 0.25) is 0 Å². The minimum Gasteiger partial charge on any atom is -0.310 e. The van der Waals surface area contributed by atoms with Crippen molar-refractivity contribution in [1.82, 2.24) is 9.13 Å². The van der Waals surface area contributed by atoms with Gasteiger partial charge in [0, 0.05) is 33.5 Å². The van der Waals surface area contributed by atoms with Gasteiger partial charge in [-0.2, -0.15) is 0 Å². The van der Waals surface area contributed by atoms with E-state index in [1.807, 2.05) is 0 Å². The van der Waals surface area contributed by atoms with E-state index in [2.05, 4.69) is 281 Å². The van der Waals surface area contributed by atoms with Gasteiger partial charge >= 0.3 is 0 Å². The molecule has 7 aromatic carbocycles. The Hall–Kier alpha value is -8.46. The number of rotatable bonds is 7. The zero-order chi connectivity index (χ0) is 56.7. The Labute approximate surface area is 497 Å². The minimum absolute atomic E-state index is 0.0704. The predicted molar refractivity (Wildman–Crippen MR) is 353 cm³/mol. The van der Waals surface area contributed by atoms with E-state index in [1.54, 1.807) is 11.1 Å². The first kappa shape index (κ1) is 51.2. The minimum atomic E-state index is -0.458. The van der Waals surface area contributed by atoms with Gasteiger partial charge < -0.3 is 9.13 Å². The van der Waals surface area contributed by atoms with Crippen LogP contribution in [0, 0.1) is 17.3 Å². The van der Waals surface area contributed by atoms with Crippen LogP contribution in [0.4, 0.5) is 0 Å². The molecule has 0 amide bonds. The quantitative estimate of drug-likeness (QED) is 0.151. The molecule has 2 nitrogen and oxygen atoms in total. The van der Waals surface area contributed by atoms with Gasteiger partial charge in [-0.3, -0.25) is 0 Å². The van der Waals surface area contributed by atoms with Crippen LogP contribution in [-0.4, -0.2) is 9.13 Å². The molecule has 0 N–H and O–H groups in total. The van der Waals surface area contributed by atoms with Crippen molar-refractivity contribution in [3.63, 3.8) is 0 Å². The molecule has 3 unspecified atom stereocenters. The first-order valence-corrected chi connectivity index (χ1v) is 31.3. The maximum atomic E-state index is 2.63. The van der Waals surface area contributed by atoms with Crippen molar-refractivity contribution in [2.75, 3.05) is 0 Å². The molecule has 7 aliphatic rings. The number of aromatic nitrogens is 2. The maximum absolute atomic E-state index is 2.63. The number of hydrogen-bond donors (Lipinski definition) is 0. The second-order valence-corrected chi connectivity index (χ2v) is 27.2.